The maximum absolute atomic E-state index is 14.9. The van der Waals surface area contributed by atoms with Gasteiger partial charge in [0, 0.05) is 33.1 Å². The number of nitro groups is 1. The monoisotopic (exact) mass is 464 g/mol. The molecule has 0 bridgehead atoms. The third-order valence-electron chi connectivity index (χ3n) is 5.25. The number of halogens is 1. The number of hydrogen-bond acceptors (Lipinski definition) is 9. The van der Waals surface area contributed by atoms with Crippen LogP contribution in [0.1, 0.15) is 6.92 Å². The molecule has 4 rings (SSSR count). The number of rotatable bonds is 6. The summed E-state index contributed by atoms with van der Waals surface area (Å²) in [6, 6.07) is 4.59. The Bertz CT molecular complexity index is 1040. The van der Waals surface area contributed by atoms with E-state index < -0.39 is 22.9 Å². The molecule has 0 saturated carbocycles. The van der Waals surface area contributed by atoms with E-state index in [0.29, 0.717) is 42.7 Å². The SMILES string of the molecule is CC(=O)NCC1CN(c2ccc(N3CCN(c4ncc([N+](=O)[O-])s4)CC3)c(F)c2)C(=O)O1. The Morgan fingerprint density at radius 3 is 2.69 bits per heavy atom. The number of aromatic nitrogens is 1. The van der Waals surface area contributed by atoms with E-state index in [-0.39, 0.29) is 24.0 Å². The van der Waals surface area contributed by atoms with Crippen LogP contribution in [0.5, 0.6) is 0 Å². The van der Waals surface area contributed by atoms with Crippen molar-refractivity contribution in [3.05, 3.63) is 40.3 Å². The number of ether oxygens (including phenoxy) is 1. The number of hydrogen-bond donors (Lipinski definition) is 1. The second-order valence-electron chi connectivity index (χ2n) is 7.40. The number of thiazole rings is 1. The third-order valence-corrected chi connectivity index (χ3v) is 6.26. The van der Waals surface area contributed by atoms with Gasteiger partial charge in [-0.3, -0.25) is 19.8 Å². The average Bonchev–Trinajstić information content (AvgIpc) is 3.39. The van der Waals surface area contributed by atoms with E-state index in [1.54, 1.807) is 12.1 Å². The Morgan fingerprint density at radius 1 is 1.34 bits per heavy atom. The van der Waals surface area contributed by atoms with Crippen LogP contribution in [-0.2, 0) is 9.53 Å². The minimum absolute atomic E-state index is 0.0104. The van der Waals surface area contributed by atoms with Crippen LogP contribution < -0.4 is 20.0 Å². The van der Waals surface area contributed by atoms with Gasteiger partial charge in [0.15, 0.2) is 5.13 Å². The first-order valence-electron chi connectivity index (χ1n) is 9.94. The molecular formula is C19H21FN6O5S. The number of carbonyl (C=O) groups excluding carboxylic acids is 2. The summed E-state index contributed by atoms with van der Waals surface area (Å²) in [5.74, 6) is -0.679. The van der Waals surface area contributed by atoms with Gasteiger partial charge in [-0.25, -0.2) is 14.2 Å². The Labute approximate surface area is 186 Å². The number of benzene rings is 1. The maximum Gasteiger partial charge on any atom is 0.414 e. The molecule has 1 unspecified atom stereocenters. The van der Waals surface area contributed by atoms with Crippen molar-refractivity contribution in [1.82, 2.24) is 10.3 Å². The normalized spacial score (nSPS) is 18.6. The van der Waals surface area contributed by atoms with E-state index in [0.717, 1.165) is 11.3 Å². The molecule has 170 valence electrons. The van der Waals surface area contributed by atoms with Gasteiger partial charge in [0.05, 0.1) is 29.4 Å². The van der Waals surface area contributed by atoms with Gasteiger partial charge >= 0.3 is 11.1 Å². The fourth-order valence-corrected chi connectivity index (χ4v) is 4.43. The van der Waals surface area contributed by atoms with E-state index in [1.807, 2.05) is 9.80 Å². The molecule has 1 aromatic heterocycles. The molecule has 3 heterocycles. The fraction of sp³-hybridized carbons (Fsp3) is 0.421. The van der Waals surface area contributed by atoms with Crippen LogP contribution in [0.3, 0.4) is 0 Å². The molecule has 0 aliphatic carbocycles. The number of nitrogens with zero attached hydrogens (tertiary/aromatic N) is 5. The molecule has 11 nitrogen and oxygen atoms in total. The zero-order valence-electron chi connectivity index (χ0n) is 17.2. The number of nitrogens with one attached hydrogen (secondary N) is 1. The van der Waals surface area contributed by atoms with Crippen molar-refractivity contribution >= 4 is 44.8 Å². The van der Waals surface area contributed by atoms with Gasteiger partial charge < -0.3 is 19.9 Å². The van der Waals surface area contributed by atoms with Crippen LogP contribution in [0, 0.1) is 15.9 Å². The lowest BCUT2D eigenvalue weighted by Crippen LogP contribution is -2.46. The second kappa shape index (κ2) is 8.94. The summed E-state index contributed by atoms with van der Waals surface area (Å²) >= 11 is 1.02. The van der Waals surface area contributed by atoms with Gasteiger partial charge in [0.1, 0.15) is 18.1 Å². The molecule has 2 fully saturated rings. The minimum Gasteiger partial charge on any atom is -0.442 e. The molecule has 2 amide bonds. The molecule has 1 aromatic carbocycles. The number of piperazine rings is 1. The van der Waals surface area contributed by atoms with Crippen molar-refractivity contribution in [3.8, 4) is 0 Å². The molecule has 2 aromatic rings. The molecule has 1 N–H and O–H groups in total. The predicted molar refractivity (Wildman–Crippen MR) is 116 cm³/mol. The number of carbonyl (C=O) groups is 2. The molecule has 1 atom stereocenters. The summed E-state index contributed by atoms with van der Waals surface area (Å²) in [7, 11) is 0. The zero-order chi connectivity index (χ0) is 22.8. The molecule has 0 spiro atoms. The van der Waals surface area contributed by atoms with E-state index in [9.17, 15) is 24.1 Å². The van der Waals surface area contributed by atoms with Gasteiger partial charge in [-0.2, -0.15) is 0 Å². The molecule has 2 saturated heterocycles. The van der Waals surface area contributed by atoms with Gasteiger partial charge in [-0.1, -0.05) is 0 Å². The predicted octanol–water partition coefficient (Wildman–Crippen LogP) is 1.98. The summed E-state index contributed by atoms with van der Waals surface area (Å²) in [5, 5.41) is 14.0. The number of amides is 2. The highest BCUT2D eigenvalue weighted by Crippen LogP contribution is 2.31. The Balaban J connectivity index is 1.38. The smallest absolute Gasteiger partial charge is 0.414 e. The van der Waals surface area contributed by atoms with Gasteiger partial charge in [-0.05, 0) is 29.5 Å². The van der Waals surface area contributed by atoms with Crippen LogP contribution >= 0.6 is 11.3 Å². The zero-order valence-corrected chi connectivity index (χ0v) is 18.0. The van der Waals surface area contributed by atoms with Crippen LogP contribution in [-0.4, -0.2) is 67.3 Å². The maximum atomic E-state index is 14.9. The summed E-state index contributed by atoms with van der Waals surface area (Å²) in [6.45, 7) is 3.94. The standard InChI is InChI=1S/C19H21FN6O5S/c1-12(27)21-9-14-11-25(19(28)31-14)13-2-3-16(15(20)8-13)23-4-6-24(7-5-23)18-22-10-17(32-18)26(29)30/h2-3,8,10,14H,4-7,9,11H2,1H3,(H,21,27). The van der Waals surface area contributed by atoms with Crippen LogP contribution in [0.4, 0.5) is 30.7 Å². The Kier molecular flexibility index (Phi) is 6.08. The quantitative estimate of drug-likeness (QED) is 0.509. The molecule has 2 aliphatic rings. The van der Waals surface area contributed by atoms with E-state index in [2.05, 4.69) is 10.3 Å². The lowest BCUT2D eigenvalue weighted by Gasteiger charge is -2.36. The van der Waals surface area contributed by atoms with Crippen LogP contribution in [0.25, 0.3) is 0 Å². The van der Waals surface area contributed by atoms with Crippen molar-refractivity contribution < 1.29 is 23.6 Å². The van der Waals surface area contributed by atoms with Crippen molar-refractivity contribution in [1.29, 1.82) is 0 Å². The van der Waals surface area contributed by atoms with Crippen molar-refractivity contribution in [2.24, 2.45) is 0 Å². The molecular weight excluding hydrogens is 443 g/mol. The van der Waals surface area contributed by atoms with Gasteiger partial charge in [0.2, 0.25) is 5.91 Å². The fourth-order valence-electron chi connectivity index (χ4n) is 3.64. The largest absolute Gasteiger partial charge is 0.442 e. The first kappa shape index (κ1) is 21.7. The van der Waals surface area contributed by atoms with Crippen LogP contribution in [0.15, 0.2) is 24.4 Å². The molecule has 13 heteroatoms. The minimum atomic E-state index is -0.585. The highest BCUT2D eigenvalue weighted by atomic mass is 32.1. The van der Waals surface area contributed by atoms with E-state index in [4.69, 9.17) is 4.74 Å². The Morgan fingerprint density at radius 2 is 2.06 bits per heavy atom. The first-order chi connectivity index (χ1) is 15.3. The van der Waals surface area contributed by atoms with Gasteiger partial charge in [-0.15, -0.1) is 0 Å². The highest BCUT2D eigenvalue weighted by Gasteiger charge is 2.33. The van der Waals surface area contributed by atoms with Gasteiger partial charge in [0.25, 0.3) is 0 Å². The summed E-state index contributed by atoms with van der Waals surface area (Å²) in [5.41, 5.74) is 0.802. The molecule has 32 heavy (non-hydrogen) atoms. The number of anilines is 3. The van der Waals surface area contributed by atoms with Crippen molar-refractivity contribution in [3.63, 3.8) is 0 Å². The Hall–Kier alpha value is -3.48. The van der Waals surface area contributed by atoms with E-state index in [1.165, 1.54) is 24.1 Å². The van der Waals surface area contributed by atoms with E-state index >= 15 is 0 Å². The lowest BCUT2D eigenvalue weighted by molar-refractivity contribution is -0.380. The summed E-state index contributed by atoms with van der Waals surface area (Å²) in [4.78, 5) is 42.9. The topological polar surface area (TPSA) is 121 Å². The second-order valence-corrected chi connectivity index (χ2v) is 8.39. The summed E-state index contributed by atoms with van der Waals surface area (Å²) < 4.78 is 20.1. The first-order valence-corrected chi connectivity index (χ1v) is 10.8. The average molecular weight is 464 g/mol. The number of cyclic esters (lactones) is 1. The lowest BCUT2D eigenvalue weighted by atomic mass is 10.2. The summed E-state index contributed by atoms with van der Waals surface area (Å²) in [6.07, 6.45) is 0.164. The molecule has 2 aliphatic heterocycles. The third kappa shape index (κ3) is 4.56. The molecule has 0 radical (unpaired) electrons. The van der Waals surface area contributed by atoms with Crippen molar-refractivity contribution in [2.45, 2.75) is 13.0 Å². The highest BCUT2D eigenvalue weighted by molar-refractivity contribution is 7.18. The van der Waals surface area contributed by atoms with Crippen LogP contribution in [0.2, 0.25) is 0 Å². The van der Waals surface area contributed by atoms with Crippen molar-refractivity contribution in [2.75, 3.05) is 54.0 Å².